The Kier molecular flexibility index (Phi) is 5.67. The van der Waals surface area contributed by atoms with Crippen molar-refractivity contribution in [1.82, 2.24) is 9.97 Å². The third-order valence-corrected chi connectivity index (χ3v) is 5.95. The van der Waals surface area contributed by atoms with Crippen LogP contribution in [-0.2, 0) is 9.59 Å². The number of piperidine rings is 1. The number of fused-ring (bicyclic) bond motifs is 1. The van der Waals surface area contributed by atoms with Gasteiger partial charge in [-0.2, -0.15) is 4.98 Å². The van der Waals surface area contributed by atoms with Crippen LogP contribution < -0.4 is 25.8 Å². The molecular weight excluding hydrogens is 398 g/mol. The van der Waals surface area contributed by atoms with Crippen LogP contribution >= 0.6 is 0 Å². The van der Waals surface area contributed by atoms with Crippen LogP contribution in [0, 0.1) is 12.8 Å². The van der Waals surface area contributed by atoms with E-state index >= 15 is 0 Å². The number of aryl methyl sites for hydroxylation is 1. The molecule has 2 aliphatic heterocycles. The maximum atomic E-state index is 13.1. The molecule has 31 heavy (non-hydrogen) atoms. The van der Waals surface area contributed by atoms with Crippen molar-refractivity contribution in [3.63, 3.8) is 0 Å². The number of H-pyrrole nitrogens is 1. The van der Waals surface area contributed by atoms with Crippen molar-refractivity contribution in [1.29, 1.82) is 0 Å². The van der Waals surface area contributed by atoms with E-state index in [2.05, 4.69) is 27.5 Å². The van der Waals surface area contributed by atoms with Crippen LogP contribution in [0.3, 0.4) is 0 Å². The Hall–Kier alpha value is -3.36. The molecule has 9 heteroatoms. The molecule has 1 saturated heterocycles. The fourth-order valence-corrected chi connectivity index (χ4v) is 4.09. The van der Waals surface area contributed by atoms with E-state index in [1.165, 1.54) is 7.11 Å². The minimum absolute atomic E-state index is 0.127. The molecular formula is C22H27N5O4. The first-order valence-electron chi connectivity index (χ1n) is 10.5. The van der Waals surface area contributed by atoms with E-state index in [4.69, 9.17) is 4.74 Å². The molecule has 0 aliphatic carbocycles. The summed E-state index contributed by atoms with van der Waals surface area (Å²) in [7, 11) is 1.52. The highest BCUT2D eigenvalue weighted by Crippen LogP contribution is 2.32. The summed E-state index contributed by atoms with van der Waals surface area (Å²) in [5, 5.41) is 5.48. The van der Waals surface area contributed by atoms with E-state index in [1.807, 2.05) is 17.9 Å². The zero-order valence-electron chi connectivity index (χ0n) is 17.9. The number of methoxy groups -OCH3 is 1. The number of carbonyl (C=O) groups is 2. The van der Waals surface area contributed by atoms with Crippen molar-refractivity contribution in [2.24, 2.45) is 5.92 Å². The van der Waals surface area contributed by atoms with Crippen molar-refractivity contribution in [3.8, 4) is 5.75 Å². The van der Waals surface area contributed by atoms with Crippen molar-refractivity contribution in [2.75, 3.05) is 35.7 Å². The van der Waals surface area contributed by atoms with Crippen LogP contribution in [0.15, 0.2) is 23.0 Å². The van der Waals surface area contributed by atoms with Gasteiger partial charge in [-0.05, 0) is 43.4 Å². The average molecular weight is 425 g/mol. The second-order valence-electron chi connectivity index (χ2n) is 8.32. The molecule has 9 nitrogen and oxygen atoms in total. The first kappa shape index (κ1) is 20.9. The summed E-state index contributed by atoms with van der Waals surface area (Å²) in [6, 6.07) is 5.41. The number of carbonyl (C=O) groups excluding carboxylic acids is 2. The standard InChI is InChI=1S/C22H27N5O4/c1-12-6-8-27(9-7-12)22-25-19-18(21(30)26-22)14(11-17(28)24-19)20(29)23-15-10-13(2)4-5-16(15)31-3/h4-5,10,12,14H,6-9,11H2,1-3H3,(H,23,29)(H2,24,25,26,28,30)/t14-/m0/s1. The maximum absolute atomic E-state index is 13.1. The molecule has 1 fully saturated rings. The van der Waals surface area contributed by atoms with Gasteiger partial charge in [0.15, 0.2) is 0 Å². The van der Waals surface area contributed by atoms with Gasteiger partial charge in [0.2, 0.25) is 17.8 Å². The number of amides is 2. The highest BCUT2D eigenvalue weighted by Gasteiger charge is 2.35. The van der Waals surface area contributed by atoms with Crippen LogP contribution in [0.2, 0.25) is 0 Å². The Morgan fingerprint density at radius 3 is 2.71 bits per heavy atom. The molecule has 3 N–H and O–H groups in total. The SMILES string of the molecule is COc1ccc(C)cc1NC(=O)[C@H]1CC(=O)Nc2nc(N3CCC(C)CC3)[nH]c(=O)c21. The molecule has 2 amide bonds. The van der Waals surface area contributed by atoms with E-state index < -0.39 is 17.4 Å². The Bertz CT molecular complexity index is 1070. The van der Waals surface area contributed by atoms with E-state index in [-0.39, 0.29) is 23.7 Å². The van der Waals surface area contributed by atoms with Gasteiger partial charge in [-0.3, -0.25) is 19.4 Å². The van der Waals surface area contributed by atoms with Crippen LogP contribution in [0.1, 0.15) is 43.2 Å². The van der Waals surface area contributed by atoms with Crippen molar-refractivity contribution in [3.05, 3.63) is 39.7 Å². The first-order valence-corrected chi connectivity index (χ1v) is 10.5. The minimum atomic E-state index is -0.944. The van der Waals surface area contributed by atoms with Crippen LogP contribution in [0.5, 0.6) is 5.75 Å². The Labute approximate surface area is 180 Å². The number of rotatable bonds is 4. The van der Waals surface area contributed by atoms with Gasteiger partial charge in [0.25, 0.3) is 5.56 Å². The number of aromatic amines is 1. The molecule has 0 saturated carbocycles. The zero-order chi connectivity index (χ0) is 22.1. The van der Waals surface area contributed by atoms with Gasteiger partial charge in [0.05, 0.1) is 24.3 Å². The predicted octanol–water partition coefficient (Wildman–Crippen LogP) is 2.39. The molecule has 0 unspecified atom stereocenters. The van der Waals surface area contributed by atoms with E-state index in [0.29, 0.717) is 23.3 Å². The second-order valence-corrected chi connectivity index (χ2v) is 8.32. The lowest BCUT2D eigenvalue weighted by atomic mass is 9.92. The van der Waals surface area contributed by atoms with Gasteiger partial charge in [-0.1, -0.05) is 13.0 Å². The number of nitrogens with zero attached hydrogens (tertiary/aromatic N) is 2. The molecule has 3 heterocycles. The number of ether oxygens (including phenoxy) is 1. The van der Waals surface area contributed by atoms with E-state index in [0.717, 1.165) is 31.5 Å². The van der Waals surface area contributed by atoms with Crippen LogP contribution in [0.25, 0.3) is 0 Å². The monoisotopic (exact) mass is 425 g/mol. The average Bonchev–Trinajstić information content (AvgIpc) is 2.73. The minimum Gasteiger partial charge on any atom is -0.495 e. The number of aromatic nitrogens is 2. The molecule has 0 bridgehead atoms. The fourth-order valence-electron chi connectivity index (χ4n) is 4.09. The lowest BCUT2D eigenvalue weighted by Gasteiger charge is -2.31. The summed E-state index contributed by atoms with van der Waals surface area (Å²) < 4.78 is 5.31. The first-order chi connectivity index (χ1) is 14.9. The number of nitrogens with one attached hydrogen (secondary N) is 3. The van der Waals surface area contributed by atoms with Crippen molar-refractivity contribution >= 4 is 29.3 Å². The van der Waals surface area contributed by atoms with Gasteiger partial charge in [-0.15, -0.1) is 0 Å². The Balaban J connectivity index is 1.64. The van der Waals surface area contributed by atoms with Crippen LogP contribution in [0.4, 0.5) is 17.5 Å². The van der Waals surface area contributed by atoms with Gasteiger partial charge in [-0.25, -0.2) is 0 Å². The normalized spacial score (nSPS) is 18.9. The molecule has 2 aliphatic rings. The summed E-state index contributed by atoms with van der Waals surface area (Å²) in [6.07, 6.45) is 1.89. The summed E-state index contributed by atoms with van der Waals surface area (Å²) in [4.78, 5) is 47.7. The molecule has 1 atom stereocenters. The van der Waals surface area contributed by atoms with E-state index in [1.54, 1.807) is 12.1 Å². The second kappa shape index (κ2) is 8.41. The third kappa shape index (κ3) is 4.26. The lowest BCUT2D eigenvalue weighted by molar-refractivity contribution is -0.123. The molecule has 4 rings (SSSR count). The van der Waals surface area contributed by atoms with Gasteiger partial charge < -0.3 is 20.3 Å². The number of hydrogen-bond acceptors (Lipinski definition) is 6. The van der Waals surface area contributed by atoms with Crippen molar-refractivity contribution in [2.45, 2.75) is 39.0 Å². The van der Waals surface area contributed by atoms with Gasteiger partial charge >= 0.3 is 0 Å². The zero-order valence-corrected chi connectivity index (χ0v) is 17.9. The van der Waals surface area contributed by atoms with Gasteiger partial charge in [0.1, 0.15) is 11.6 Å². The lowest BCUT2D eigenvalue weighted by Crippen LogP contribution is -2.39. The third-order valence-electron chi connectivity index (χ3n) is 5.95. The quantitative estimate of drug-likeness (QED) is 0.693. The van der Waals surface area contributed by atoms with Crippen LogP contribution in [-0.4, -0.2) is 42.0 Å². The number of anilines is 3. The predicted molar refractivity (Wildman–Crippen MR) is 118 cm³/mol. The summed E-state index contributed by atoms with van der Waals surface area (Å²) in [6.45, 7) is 5.67. The topological polar surface area (TPSA) is 116 Å². The molecule has 164 valence electrons. The number of hydrogen-bond donors (Lipinski definition) is 3. The van der Waals surface area contributed by atoms with E-state index in [9.17, 15) is 14.4 Å². The summed E-state index contributed by atoms with van der Waals surface area (Å²) >= 11 is 0. The van der Waals surface area contributed by atoms with Gasteiger partial charge in [0, 0.05) is 19.5 Å². The summed E-state index contributed by atoms with van der Waals surface area (Å²) in [5.74, 6) is -0.0249. The summed E-state index contributed by atoms with van der Waals surface area (Å²) in [5.41, 5.74) is 1.20. The maximum Gasteiger partial charge on any atom is 0.258 e. The molecule has 2 aromatic rings. The fraction of sp³-hybridized carbons (Fsp3) is 0.455. The molecule has 1 aromatic heterocycles. The Morgan fingerprint density at radius 2 is 2.00 bits per heavy atom. The number of benzene rings is 1. The van der Waals surface area contributed by atoms with Crippen molar-refractivity contribution < 1.29 is 14.3 Å². The molecule has 1 aromatic carbocycles. The largest absolute Gasteiger partial charge is 0.495 e. The molecule has 0 spiro atoms. The highest BCUT2D eigenvalue weighted by atomic mass is 16.5. The Morgan fingerprint density at radius 1 is 1.26 bits per heavy atom. The highest BCUT2D eigenvalue weighted by molar-refractivity contribution is 6.05. The molecule has 0 radical (unpaired) electrons. The smallest absolute Gasteiger partial charge is 0.258 e.